The van der Waals surface area contributed by atoms with Crippen molar-refractivity contribution in [2.24, 2.45) is 5.92 Å². The van der Waals surface area contributed by atoms with Crippen LogP contribution in [0.1, 0.15) is 5.69 Å². The number of carbonyl (C=O) groups is 2. The minimum atomic E-state index is -0.720. The average molecular weight is 522 g/mol. The van der Waals surface area contributed by atoms with Gasteiger partial charge in [-0.05, 0) is 18.2 Å². The Balaban J connectivity index is 1.63. The molecule has 3 amide bonds. The van der Waals surface area contributed by atoms with Gasteiger partial charge in [-0.1, -0.05) is 29.8 Å². The number of amides is 3. The maximum Gasteiger partial charge on any atom is 0.506 e. The molecule has 0 radical (unpaired) electrons. The number of imide groups is 1. The SMILES string of the molecule is COc1cc(N2C(=O)C3C=CC=CC3=[N+](Cc3cc(=O)n4cc(Cl)ccc4n3)C2=O)cc(OC)c1OC. The molecule has 10 nitrogen and oxygen atoms in total. The summed E-state index contributed by atoms with van der Waals surface area (Å²) < 4.78 is 19.0. The molecule has 0 saturated carbocycles. The van der Waals surface area contributed by atoms with E-state index in [2.05, 4.69) is 4.98 Å². The van der Waals surface area contributed by atoms with Crippen LogP contribution in [0.4, 0.5) is 10.5 Å². The highest BCUT2D eigenvalue weighted by atomic mass is 35.5. The molecule has 3 aromatic rings. The van der Waals surface area contributed by atoms with Crippen LogP contribution in [0.2, 0.25) is 5.02 Å². The zero-order valence-electron chi connectivity index (χ0n) is 20.2. The normalized spacial score (nSPS) is 16.9. The van der Waals surface area contributed by atoms with Crippen LogP contribution >= 0.6 is 11.6 Å². The molecule has 1 aromatic carbocycles. The lowest BCUT2D eigenvalue weighted by molar-refractivity contribution is -0.446. The molecule has 0 fully saturated rings. The Kier molecular flexibility index (Phi) is 6.26. The van der Waals surface area contributed by atoms with Crippen LogP contribution in [-0.4, -0.2) is 52.9 Å². The van der Waals surface area contributed by atoms with Crippen molar-refractivity contribution in [3.05, 3.63) is 81.9 Å². The van der Waals surface area contributed by atoms with Gasteiger partial charge in [-0.3, -0.25) is 9.20 Å². The molecule has 1 atom stereocenters. The Morgan fingerprint density at radius 3 is 2.41 bits per heavy atom. The van der Waals surface area contributed by atoms with Crippen molar-refractivity contribution in [1.29, 1.82) is 0 Å². The van der Waals surface area contributed by atoms with Gasteiger partial charge in [-0.25, -0.2) is 9.78 Å². The van der Waals surface area contributed by atoms with E-state index < -0.39 is 17.9 Å². The second kappa shape index (κ2) is 9.55. The van der Waals surface area contributed by atoms with Crippen LogP contribution in [0, 0.1) is 5.92 Å². The third kappa shape index (κ3) is 4.15. The second-order valence-corrected chi connectivity index (χ2v) is 8.67. The van der Waals surface area contributed by atoms with Crippen LogP contribution in [0.3, 0.4) is 0 Å². The van der Waals surface area contributed by atoms with Crippen LogP contribution in [0.15, 0.2) is 65.6 Å². The molecule has 2 aromatic heterocycles. The maximum absolute atomic E-state index is 13.9. The number of hydrogen-bond donors (Lipinski definition) is 0. The standard InChI is InChI=1S/C26H22ClN4O6/c1-35-20-11-17(12-21(36-2)24(20)37-3)31-25(33)18-6-4-5-7-19(18)29(26(31)34)14-16-10-23(32)30-13-15(27)8-9-22(30)28-16/h4-13,18H,14H2,1-3H3/q+1. The van der Waals surface area contributed by atoms with E-state index in [0.717, 1.165) is 4.90 Å². The van der Waals surface area contributed by atoms with Crippen molar-refractivity contribution >= 4 is 40.6 Å². The summed E-state index contributed by atoms with van der Waals surface area (Å²) in [7, 11) is 4.36. The molecular formula is C26H22ClN4O6+. The van der Waals surface area contributed by atoms with E-state index in [4.69, 9.17) is 25.8 Å². The topological polar surface area (TPSA) is 102 Å². The lowest BCUT2D eigenvalue weighted by Crippen LogP contribution is -2.54. The molecule has 0 N–H and O–H groups in total. The first-order chi connectivity index (χ1) is 17.9. The molecule has 3 heterocycles. The number of ether oxygens (including phenoxy) is 3. The third-order valence-electron chi connectivity index (χ3n) is 6.12. The predicted octanol–water partition coefficient (Wildman–Crippen LogP) is 3.24. The van der Waals surface area contributed by atoms with Crippen molar-refractivity contribution in [2.45, 2.75) is 6.54 Å². The third-order valence-corrected chi connectivity index (χ3v) is 6.35. The van der Waals surface area contributed by atoms with Gasteiger partial charge in [0.1, 0.15) is 29.5 Å². The Labute approximate surface area is 216 Å². The van der Waals surface area contributed by atoms with Gasteiger partial charge in [-0.2, -0.15) is 9.37 Å². The van der Waals surface area contributed by atoms with E-state index in [1.807, 2.05) is 0 Å². The van der Waals surface area contributed by atoms with Crippen molar-refractivity contribution in [3.63, 3.8) is 0 Å². The first-order valence-electron chi connectivity index (χ1n) is 11.2. The quantitative estimate of drug-likeness (QED) is 0.459. The van der Waals surface area contributed by atoms with Crippen LogP contribution in [-0.2, 0) is 11.3 Å². The molecular weight excluding hydrogens is 500 g/mol. The minimum Gasteiger partial charge on any atom is -0.493 e. The lowest BCUT2D eigenvalue weighted by atomic mass is 9.94. The van der Waals surface area contributed by atoms with Crippen molar-refractivity contribution in [2.75, 3.05) is 26.2 Å². The lowest BCUT2D eigenvalue weighted by Gasteiger charge is -2.27. The van der Waals surface area contributed by atoms with E-state index >= 15 is 0 Å². The van der Waals surface area contributed by atoms with Gasteiger partial charge in [0.2, 0.25) is 5.75 Å². The van der Waals surface area contributed by atoms with E-state index in [0.29, 0.717) is 39.3 Å². The number of rotatable bonds is 6. The molecule has 5 rings (SSSR count). The highest BCUT2D eigenvalue weighted by molar-refractivity contribution is 6.30. The van der Waals surface area contributed by atoms with Gasteiger partial charge < -0.3 is 14.2 Å². The van der Waals surface area contributed by atoms with E-state index in [1.54, 1.807) is 36.4 Å². The largest absolute Gasteiger partial charge is 0.506 e. The fourth-order valence-corrected chi connectivity index (χ4v) is 4.59. The zero-order valence-corrected chi connectivity index (χ0v) is 20.9. The first-order valence-corrected chi connectivity index (χ1v) is 11.6. The summed E-state index contributed by atoms with van der Waals surface area (Å²) in [6.07, 6.45) is 8.40. The highest BCUT2D eigenvalue weighted by Gasteiger charge is 2.48. The molecule has 188 valence electrons. The summed E-state index contributed by atoms with van der Waals surface area (Å²) >= 11 is 6.01. The van der Waals surface area contributed by atoms with Crippen LogP contribution in [0.25, 0.3) is 5.65 Å². The number of fused-ring (bicyclic) bond motifs is 2. The Morgan fingerprint density at radius 1 is 1.00 bits per heavy atom. The zero-order chi connectivity index (χ0) is 26.3. The van der Waals surface area contributed by atoms with Gasteiger partial charge in [-0.15, -0.1) is 4.90 Å². The van der Waals surface area contributed by atoms with Crippen LogP contribution in [0.5, 0.6) is 17.2 Å². The van der Waals surface area contributed by atoms with Crippen molar-refractivity contribution in [3.8, 4) is 17.2 Å². The van der Waals surface area contributed by atoms with E-state index in [-0.39, 0.29) is 17.8 Å². The molecule has 1 aliphatic heterocycles. The Morgan fingerprint density at radius 2 is 1.73 bits per heavy atom. The highest BCUT2D eigenvalue weighted by Crippen LogP contribution is 2.42. The molecule has 11 heteroatoms. The fourth-order valence-electron chi connectivity index (χ4n) is 4.42. The predicted molar refractivity (Wildman–Crippen MR) is 136 cm³/mol. The van der Waals surface area contributed by atoms with Gasteiger partial charge in [0.05, 0.1) is 32.0 Å². The van der Waals surface area contributed by atoms with Crippen molar-refractivity contribution < 1.29 is 28.4 Å². The van der Waals surface area contributed by atoms with Crippen LogP contribution < -0.4 is 24.7 Å². The number of aromatic nitrogens is 2. The Bertz CT molecular complexity index is 1580. The van der Waals surface area contributed by atoms with Gasteiger partial charge in [0.25, 0.3) is 5.56 Å². The number of anilines is 1. The summed E-state index contributed by atoms with van der Waals surface area (Å²) in [5, 5.41) is 0.396. The van der Waals surface area contributed by atoms with E-state index in [1.165, 1.54) is 54.7 Å². The van der Waals surface area contributed by atoms with Gasteiger partial charge >= 0.3 is 11.9 Å². The number of urea groups is 1. The van der Waals surface area contributed by atoms with Gasteiger partial charge in [0, 0.05) is 24.4 Å². The molecule has 0 bridgehead atoms. The summed E-state index contributed by atoms with van der Waals surface area (Å²) in [6.45, 7) is -0.0363. The van der Waals surface area contributed by atoms with E-state index in [9.17, 15) is 14.4 Å². The summed E-state index contributed by atoms with van der Waals surface area (Å²) in [6, 6.07) is 7.05. The average Bonchev–Trinajstić information content (AvgIpc) is 2.91. The first kappa shape index (κ1) is 24.3. The van der Waals surface area contributed by atoms with Gasteiger partial charge in [0.15, 0.2) is 11.5 Å². The number of nitrogens with zero attached hydrogens (tertiary/aromatic N) is 4. The number of hydrogen-bond acceptors (Lipinski definition) is 7. The summed E-state index contributed by atoms with van der Waals surface area (Å²) in [5.41, 5.74) is 1.13. The molecule has 0 spiro atoms. The fraction of sp³-hybridized carbons (Fsp3) is 0.192. The number of benzene rings is 1. The number of methoxy groups -OCH3 is 3. The number of allylic oxidation sites excluding steroid dienone is 3. The molecule has 1 unspecified atom stereocenters. The monoisotopic (exact) mass is 521 g/mol. The molecule has 2 aliphatic rings. The molecule has 0 saturated heterocycles. The minimum absolute atomic E-state index is 0.0363. The summed E-state index contributed by atoms with van der Waals surface area (Å²) in [4.78, 5) is 45.7. The smallest absolute Gasteiger partial charge is 0.493 e. The number of carbonyl (C=O) groups excluding carboxylic acids is 2. The number of halogens is 1. The number of pyridine rings is 1. The van der Waals surface area contributed by atoms with Crippen molar-refractivity contribution in [1.82, 2.24) is 9.38 Å². The second-order valence-electron chi connectivity index (χ2n) is 8.23. The molecule has 37 heavy (non-hydrogen) atoms. The molecule has 1 aliphatic carbocycles. The maximum atomic E-state index is 13.9. The Hall–Kier alpha value is -4.44. The summed E-state index contributed by atoms with van der Waals surface area (Å²) in [5.74, 6) is -0.243.